The molecule has 0 saturated heterocycles. The summed E-state index contributed by atoms with van der Waals surface area (Å²) in [6.07, 6.45) is 3.01. The molecule has 3 aliphatic rings. The van der Waals surface area contributed by atoms with Crippen LogP contribution in [0, 0.1) is 0 Å². The molecule has 1 amide bonds. The number of halogens is 2. The number of amides is 1. The van der Waals surface area contributed by atoms with Gasteiger partial charge in [0.25, 0.3) is 5.92 Å². The molecule has 158 valence electrons. The van der Waals surface area contributed by atoms with Crippen LogP contribution in [0.4, 0.5) is 8.78 Å². The summed E-state index contributed by atoms with van der Waals surface area (Å²) in [4.78, 5) is 13.9. The van der Waals surface area contributed by atoms with E-state index in [0.29, 0.717) is 37.2 Å². The molecular formula is C22H24F2N4O2. The normalized spacial score (nSPS) is 24.5. The van der Waals surface area contributed by atoms with Crippen LogP contribution in [-0.4, -0.2) is 51.3 Å². The van der Waals surface area contributed by atoms with Crippen molar-refractivity contribution in [2.45, 2.75) is 43.6 Å². The molecule has 2 aliphatic heterocycles. The van der Waals surface area contributed by atoms with Gasteiger partial charge in [-0.1, -0.05) is 12.6 Å². The van der Waals surface area contributed by atoms with E-state index in [2.05, 4.69) is 11.9 Å². The fourth-order valence-electron chi connectivity index (χ4n) is 4.90. The number of phenolic OH excluding ortho intramolecular Hbond substituents is 1. The number of nitrogens with zero attached hydrogens (tertiary/aromatic N) is 3. The zero-order valence-electron chi connectivity index (χ0n) is 16.6. The number of rotatable bonds is 3. The first kappa shape index (κ1) is 19.2. The van der Waals surface area contributed by atoms with E-state index in [0.717, 1.165) is 29.9 Å². The summed E-state index contributed by atoms with van der Waals surface area (Å²) in [5.74, 6) is -3.66. The van der Waals surface area contributed by atoms with Crippen molar-refractivity contribution >= 4 is 5.91 Å². The molecule has 8 heteroatoms. The van der Waals surface area contributed by atoms with Crippen LogP contribution in [0.2, 0.25) is 0 Å². The number of hydrogen-bond acceptors (Lipinski definition) is 4. The molecule has 1 aliphatic carbocycles. The van der Waals surface area contributed by atoms with Gasteiger partial charge < -0.3 is 15.3 Å². The molecule has 0 spiro atoms. The highest BCUT2D eigenvalue weighted by Crippen LogP contribution is 2.50. The van der Waals surface area contributed by atoms with E-state index in [1.165, 1.54) is 12.1 Å². The van der Waals surface area contributed by atoms with Crippen LogP contribution >= 0.6 is 0 Å². The highest BCUT2D eigenvalue weighted by molar-refractivity contribution is 5.87. The highest BCUT2D eigenvalue weighted by atomic mass is 19.3. The lowest BCUT2D eigenvalue weighted by Gasteiger charge is -2.36. The van der Waals surface area contributed by atoms with Gasteiger partial charge in [0.05, 0.1) is 17.4 Å². The van der Waals surface area contributed by atoms with E-state index >= 15 is 0 Å². The molecule has 2 atom stereocenters. The molecule has 6 nitrogen and oxygen atoms in total. The Balaban J connectivity index is 1.50. The van der Waals surface area contributed by atoms with Crippen LogP contribution in [0.3, 0.4) is 0 Å². The lowest BCUT2D eigenvalue weighted by molar-refractivity contribution is -0.126. The number of hydrogen-bond donors (Lipinski definition) is 2. The lowest BCUT2D eigenvalue weighted by Crippen LogP contribution is -2.40. The number of benzene rings is 1. The second-order valence-corrected chi connectivity index (χ2v) is 8.31. The molecular weight excluding hydrogens is 390 g/mol. The smallest absolute Gasteiger partial charge is 0.254 e. The largest absolute Gasteiger partial charge is 0.506 e. The summed E-state index contributed by atoms with van der Waals surface area (Å²) in [5.41, 5.74) is 3.95. The molecule has 30 heavy (non-hydrogen) atoms. The highest BCUT2D eigenvalue weighted by Gasteiger charge is 2.49. The third-order valence-corrected chi connectivity index (χ3v) is 6.61. The van der Waals surface area contributed by atoms with Gasteiger partial charge >= 0.3 is 0 Å². The molecule has 1 aromatic carbocycles. The van der Waals surface area contributed by atoms with Crippen molar-refractivity contribution in [2.24, 2.45) is 0 Å². The Morgan fingerprint density at radius 3 is 2.87 bits per heavy atom. The van der Waals surface area contributed by atoms with Crippen LogP contribution in [0.5, 0.6) is 5.75 Å². The third-order valence-electron chi connectivity index (χ3n) is 6.61. The van der Waals surface area contributed by atoms with Gasteiger partial charge in [0.1, 0.15) is 11.4 Å². The van der Waals surface area contributed by atoms with Crippen LogP contribution in [-0.2, 0) is 17.6 Å². The van der Waals surface area contributed by atoms with E-state index in [1.54, 1.807) is 21.7 Å². The Morgan fingerprint density at radius 2 is 2.20 bits per heavy atom. The predicted molar refractivity (Wildman–Crippen MR) is 107 cm³/mol. The summed E-state index contributed by atoms with van der Waals surface area (Å²) in [5, 5.41) is 18.9. The fourth-order valence-corrected chi connectivity index (χ4v) is 4.90. The number of aromatic nitrogens is 2. The maximum atomic E-state index is 13.8. The number of phenols is 1. The van der Waals surface area contributed by atoms with Gasteiger partial charge in [-0.05, 0) is 30.2 Å². The van der Waals surface area contributed by atoms with Gasteiger partial charge in [0.15, 0.2) is 0 Å². The van der Waals surface area contributed by atoms with Crippen LogP contribution in [0.25, 0.3) is 5.69 Å². The van der Waals surface area contributed by atoms with Gasteiger partial charge in [-0.25, -0.2) is 13.5 Å². The van der Waals surface area contributed by atoms with Crippen molar-refractivity contribution in [1.29, 1.82) is 0 Å². The Kier molecular flexibility index (Phi) is 4.43. The van der Waals surface area contributed by atoms with Crippen LogP contribution in [0.15, 0.2) is 30.9 Å². The van der Waals surface area contributed by atoms with Crippen LogP contribution < -0.4 is 5.32 Å². The van der Waals surface area contributed by atoms with Crippen molar-refractivity contribution in [1.82, 2.24) is 20.0 Å². The first-order valence-corrected chi connectivity index (χ1v) is 10.4. The number of carbonyl (C=O) groups is 1. The van der Waals surface area contributed by atoms with E-state index in [-0.39, 0.29) is 24.1 Å². The minimum atomic E-state index is -2.70. The van der Waals surface area contributed by atoms with Crippen molar-refractivity contribution in [2.75, 3.05) is 19.6 Å². The molecule has 2 unspecified atom stereocenters. The number of aromatic hydroxyl groups is 1. The fraction of sp³-hybridized carbons (Fsp3) is 0.455. The van der Waals surface area contributed by atoms with Crippen molar-refractivity contribution in [3.8, 4) is 11.4 Å². The zero-order valence-corrected chi connectivity index (χ0v) is 16.6. The molecule has 1 aromatic heterocycles. The first-order chi connectivity index (χ1) is 14.4. The zero-order chi connectivity index (χ0) is 21.0. The first-order valence-electron chi connectivity index (χ1n) is 10.4. The molecule has 1 fully saturated rings. The second kappa shape index (κ2) is 6.91. The van der Waals surface area contributed by atoms with Crippen molar-refractivity contribution in [3.63, 3.8) is 0 Å². The standard InChI is InChI=1S/C22H24F2N4O2/c1-2-20(30)27-10-7-15-21-16(12-27)25-9-6-18(21)28(26-15)17-4-3-13(11-19(17)29)14-5-8-22(14,23)24/h2-4,11,14,16,25,29H,1,5-10,12H2. The summed E-state index contributed by atoms with van der Waals surface area (Å²) in [6, 6.07) is 4.79. The topological polar surface area (TPSA) is 70.4 Å². The minimum absolute atomic E-state index is 0.0287. The number of nitrogens with one attached hydrogen (secondary N) is 1. The summed E-state index contributed by atoms with van der Waals surface area (Å²) >= 11 is 0. The molecule has 5 rings (SSSR count). The van der Waals surface area contributed by atoms with E-state index in [9.17, 15) is 18.7 Å². The van der Waals surface area contributed by atoms with E-state index in [4.69, 9.17) is 5.10 Å². The Hall–Kier alpha value is -2.74. The second-order valence-electron chi connectivity index (χ2n) is 8.31. The average molecular weight is 414 g/mol. The lowest BCUT2D eigenvalue weighted by atomic mass is 9.76. The minimum Gasteiger partial charge on any atom is -0.506 e. The predicted octanol–water partition coefficient (Wildman–Crippen LogP) is 2.85. The molecule has 3 heterocycles. The van der Waals surface area contributed by atoms with Gasteiger partial charge in [-0.3, -0.25) is 4.79 Å². The Bertz CT molecular complexity index is 1030. The Morgan fingerprint density at radius 1 is 1.37 bits per heavy atom. The van der Waals surface area contributed by atoms with Crippen molar-refractivity contribution < 1.29 is 18.7 Å². The van der Waals surface area contributed by atoms with Gasteiger partial charge in [0, 0.05) is 50.4 Å². The SMILES string of the molecule is C=CC(=O)N1CCc2nn(-c3ccc(C4CCC4(F)F)cc3O)c3c2C(C1)NCC3. The van der Waals surface area contributed by atoms with Crippen LogP contribution in [0.1, 0.15) is 47.3 Å². The maximum Gasteiger partial charge on any atom is 0.254 e. The number of carbonyl (C=O) groups excluding carboxylic acids is 1. The molecule has 2 N–H and O–H groups in total. The molecule has 0 radical (unpaired) electrons. The molecule has 2 aromatic rings. The quantitative estimate of drug-likeness (QED) is 0.758. The third kappa shape index (κ3) is 2.93. The van der Waals surface area contributed by atoms with E-state index in [1.807, 2.05) is 0 Å². The van der Waals surface area contributed by atoms with Gasteiger partial charge in [-0.15, -0.1) is 0 Å². The summed E-state index contributed by atoms with van der Waals surface area (Å²) < 4.78 is 29.3. The monoisotopic (exact) mass is 414 g/mol. The van der Waals surface area contributed by atoms with Gasteiger partial charge in [0.2, 0.25) is 5.91 Å². The summed E-state index contributed by atoms with van der Waals surface area (Å²) in [7, 11) is 0. The number of alkyl halides is 2. The maximum absolute atomic E-state index is 13.8. The Labute approximate surface area is 173 Å². The van der Waals surface area contributed by atoms with Crippen molar-refractivity contribution in [3.05, 3.63) is 53.4 Å². The molecule has 0 bridgehead atoms. The van der Waals surface area contributed by atoms with Gasteiger partial charge in [-0.2, -0.15) is 5.10 Å². The van der Waals surface area contributed by atoms with E-state index < -0.39 is 11.8 Å². The average Bonchev–Trinajstić information content (AvgIpc) is 2.98. The molecule has 1 saturated carbocycles. The summed E-state index contributed by atoms with van der Waals surface area (Å²) in [6.45, 7) is 5.40.